The molecule has 4 nitrogen and oxygen atoms in total. The third-order valence-electron chi connectivity index (χ3n) is 4.90. The number of benzene rings is 1. The number of carbonyl (C=O) groups is 2. The molecule has 0 saturated carbocycles. The van der Waals surface area contributed by atoms with Crippen molar-refractivity contribution in [3.63, 3.8) is 0 Å². The zero-order valence-electron chi connectivity index (χ0n) is 14.0. The first-order valence-corrected chi connectivity index (χ1v) is 7.98. The highest BCUT2D eigenvalue weighted by molar-refractivity contribution is 5.79. The number of carbonyl (C=O) groups excluding carboxylic acids is 2. The summed E-state index contributed by atoms with van der Waals surface area (Å²) in [6.07, 6.45) is 4.88. The molecule has 0 saturated heterocycles. The van der Waals surface area contributed by atoms with Gasteiger partial charge in [0.2, 0.25) is 0 Å². The standard InChI is InChI=1S/C19H22O4/c1-11-5-6-15-14(7-11)18-16(22-12(2)21)8-13(10-20)9-17(18)23-19(15,3)4/h5,8-10,14-15H,6-7H2,1-4H3/t14-,15-/m1/s1. The van der Waals surface area contributed by atoms with Gasteiger partial charge in [-0.05, 0) is 45.7 Å². The van der Waals surface area contributed by atoms with Gasteiger partial charge < -0.3 is 9.47 Å². The van der Waals surface area contributed by atoms with Gasteiger partial charge in [-0.25, -0.2) is 0 Å². The Bertz CT molecular complexity index is 700. The van der Waals surface area contributed by atoms with Gasteiger partial charge in [0.1, 0.15) is 23.4 Å². The molecule has 0 amide bonds. The lowest BCUT2D eigenvalue weighted by molar-refractivity contribution is -0.132. The van der Waals surface area contributed by atoms with Gasteiger partial charge in [-0.2, -0.15) is 0 Å². The molecular weight excluding hydrogens is 292 g/mol. The Morgan fingerprint density at radius 3 is 2.78 bits per heavy atom. The van der Waals surface area contributed by atoms with Crippen LogP contribution in [-0.2, 0) is 4.79 Å². The number of aldehydes is 1. The maximum atomic E-state index is 11.5. The van der Waals surface area contributed by atoms with Gasteiger partial charge in [0.05, 0.1) is 0 Å². The van der Waals surface area contributed by atoms with Gasteiger partial charge in [0.15, 0.2) is 0 Å². The lowest BCUT2D eigenvalue weighted by Crippen LogP contribution is -2.45. The first-order valence-electron chi connectivity index (χ1n) is 7.98. The highest BCUT2D eigenvalue weighted by atomic mass is 16.5. The number of esters is 1. The molecular formula is C19H22O4. The largest absolute Gasteiger partial charge is 0.487 e. The van der Waals surface area contributed by atoms with Crippen LogP contribution in [0, 0.1) is 5.92 Å². The van der Waals surface area contributed by atoms with Crippen molar-refractivity contribution in [1.82, 2.24) is 0 Å². The SMILES string of the molecule is CC(=O)Oc1cc(C=O)cc2c1[C@@H]1CC(C)=CC[C@H]1C(C)(C)O2. The van der Waals surface area contributed by atoms with Gasteiger partial charge in [-0.1, -0.05) is 11.6 Å². The number of fused-ring (bicyclic) bond motifs is 3. The van der Waals surface area contributed by atoms with E-state index in [4.69, 9.17) is 9.47 Å². The van der Waals surface area contributed by atoms with E-state index in [-0.39, 0.29) is 17.5 Å². The average Bonchev–Trinajstić information content (AvgIpc) is 2.44. The van der Waals surface area contributed by atoms with Crippen LogP contribution in [0.4, 0.5) is 0 Å². The minimum atomic E-state index is -0.389. The van der Waals surface area contributed by atoms with E-state index < -0.39 is 0 Å². The van der Waals surface area contributed by atoms with E-state index in [9.17, 15) is 9.59 Å². The molecule has 1 aliphatic carbocycles. The van der Waals surface area contributed by atoms with E-state index in [2.05, 4.69) is 26.8 Å². The van der Waals surface area contributed by atoms with Crippen LogP contribution in [0.5, 0.6) is 11.5 Å². The van der Waals surface area contributed by atoms with Gasteiger partial charge >= 0.3 is 5.97 Å². The molecule has 3 rings (SSSR count). The van der Waals surface area contributed by atoms with E-state index in [1.807, 2.05) is 0 Å². The van der Waals surface area contributed by atoms with E-state index in [0.29, 0.717) is 23.0 Å². The maximum absolute atomic E-state index is 11.5. The summed E-state index contributed by atoms with van der Waals surface area (Å²) in [7, 11) is 0. The molecule has 1 heterocycles. The fourth-order valence-electron chi connectivity index (χ4n) is 3.87. The summed E-state index contributed by atoms with van der Waals surface area (Å²) in [6.45, 7) is 7.67. The highest BCUT2D eigenvalue weighted by Gasteiger charge is 2.46. The monoisotopic (exact) mass is 314 g/mol. The van der Waals surface area contributed by atoms with Crippen LogP contribution >= 0.6 is 0 Å². The predicted molar refractivity (Wildman–Crippen MR) is 87.1 cm³/mol. The van der Waals surface area contributed by atoms with Crippen molar-refractivity contribution in [2.24, 2.45) is 5.92 Å². The Morgan fingerprint density at radius 2 is 2.13 bits per heavy atom. The minimum absolute atomic E-state index is 0.230. The summed E-state index contributed by atoms with van der Waals surface area (Å²) >= 11 is 0. The van der Waals surface area contributed by atoms with Crippen molar-refractivity contribution in [1.29, 1.82) is 0 Å². The molecule has 0 radical (unpaired) electrons. The molecule has 0 bridgehead atoms. The van der Waals surface area contributed by atoms with Gasteiger partial charge in [0.25, 0.3) is 0 Å². The summed E-state index contributed by atoms with van der Waals surface area (Å²) in [5.74, 6) is 1.27. The van der Waals surface area contributed by atoms with Crippen molar-refractivity contribution in [3.8, 4) is 11.5 Å². The van der Waals surface area contributed by atoms with E-state index >= 15 is 0 Å². The lowest BCUT2D eigenvalue weighted by Gasteiger charge is -2.47. The van der Waals surface area contributed by atoms with Gasteiger partial charge in [0, 0.05) is 29.9 Å². The summed E-state index contributed by atoms with van der Waals surface area (Å²) in [4.78, 5) is 22.7. The van der Waals surface area contributed by atoms with Crippen molar-refractivity contribution in [2.75, 3.05) is 0 Å². The van der Waals surface area contributed by atoms with Crippen molar-refractivity contribution in [2.45, 2.75) is 52.1 Å². The van der Waals surface area contributed by atoms with Gasteiger partial charge in [-0.15, -0.1) is 0 Å². The number of rotatable bonds is 2. The van der Waals surface area contributed by atoms with Crippen LogP contribution in [0.15, 0.2) is 23.8 Å². The number of allylic oxidation sites excluding steroid dienone is 2. The van der Waals surface area contributed by atoms with Gasteiger partial charge in [-0.3, -0.25) is 9.59 Å². The minimum Gasteiger partial charge on any atom is -0.487 e. The van der Waals surface area contributed by atoms with Crippen LogP contribution in [0.3, 0.4) is 0 Å². The molecule has 122 valence electrons. The number of hydrogen-bond donors (Lipinski definition) is 0. The fraction of sp³-hybridized carbons (Fsp3) is 0.474. The first kappa shape index (κ1) is 15.8. The Labute approximate surface area is 136 Å². The molecule has 0 spiro atoms. The molecule has 1 aromatic rings. The van der Waals surface area contributed by atoms with Crippen LogP contribution in [0.1, 0.15) is 62.4 Å². The van der Waals surface area contributed by atoms with Crippen molar-refractivity contribution >= 4 is 12.3 Å². The predicted octanol–water partition coefficient (Wildman–Crippen LogP) is 4.04. The average molecular weight is 314 g/mol. The molecule has 4 heteroatoms. The molecule has 2 atom stereocenters. The third kappa shape index (κ3) is 2.78. The molecule has 23 heavy (non-hydrogen) atoms. The second kappa shape index (κ2) is 5.52. The summed E-state index contributed by atoms with van der Waals surface area (Å²) in [6, 6.07) is 3.39. The van der Waals surface area contributed by atoms with E-state index in [0.717, 1.165) is 24.7 Å². The van der Waals surface area contributed by atoms with E-state index in [1.54, 1.807) is 12.1 Å². The fourth-order valence-corrected chi connectivity index (χ4v) is 3.87. The zero-order valence-corrected chi connectivity index (χ0v) is 14.0. The molecule has 1 aromatic carbocycles. The highest BCUT2D eigenvalue weighted by Crippen LogP contribution is 2.54. The molecule has 2 aliphatic rings. The van der Waals surface area contributed by atoms with E-state index in [1.165, 1.54) is 12.5 Å². The summed E-state index contributed by atoms with van der Waals surface area (Å²) < 4.78 is 11.6. The van der Waals surface area contributed by atoms with Crippen molar-refractivity contribution in [3.05, 3.63) is 34.9 Å². The Balaban J connectivity index is 2.19. The maximum Gasteiger partial charge on any atom is 0.308 e. The first-order chi connectivity index (χ1) is 10.8. The van der Waals surface area contributed by atoms with Crippen LogP contribution in [0.25, 0.3) is 0 Å². The molecule has 0 unspecified atom stereocenters. The van der Waals surface area contributed by atoms with Crippen molar-refractivity contribution < 1.29 is 19.1 Å². The summed E-state index contributed by atoms with van der Waals surface area (Å²) in [5.41, 5.74) is 2.38. The second-order valence-electron chi connectivity index (χ2n) is 7.05. The number of ether oxygens (including phenoxy) is 2. The second-order valence-corrected chi connectivity index (χ2v) is 7.05. The quantitative estimate of drug-likeness (QED) is 0.358. The Hall–Kier alpha value is -2.10. The molecule has 1 aliphatic heterocycles. The normalized spacial score (nSPS) is 24.6. The topological polar surface area (TPSA) is 52.6 Å². The van der Waals surface area contributed by atoms with Crippen LogP contribution in [0.2, 0.25) is 0 Å². The molecule has 0 fully saturated rings. The van der Waals surface area contributed by atoms with Crippen LogP contribution < -0.4 is 9.47 Å². The Kier molecular flexibility index (Phi) is 3.78. The lowest BCUT2D eigenvalue weighted by atomic mass is 9.67. The zero-order chi connectivity index (χ0) is 16.8. The summed E-state index contributed by atoms with van der Waals surface area (Å²) in [5, 5.41) is 0. The molecule has 0 N–H and O–H groups in total. The molecule has 0 aromatic heterocycles. The van der Waals surface area contributed by atoms with Crippen LogP contribution in [-0.4, -0.2) is 17.9 Å². The smallest absolute Gasteiger partial charge is 0.308 e. The number of hydrogen-bond acceptors (Lipinski definition) is 4. The Morgan fingerprint density at radius 1 is 1.39 bits per heavy atom. The third-order valence-corrected chi connectivity index (χ3v) is 4.90.